The Morgan fingerprint density at radius 2 is 1.63 bits per heavy atom. The van der Waals surface area contributed by atoms with E-state index in [1.807, 2.05) is 4.90 Å². The number of sulfonamides is 1. The van der Waals surface area contributed by atoms with Crippen LogP contribution in [0.15, 0.2) is 47.4 Å². The van der Waals surface area contributed by atoms with Gasteiger partial charge in [-0.3, -0.25) is 4.79 Å². The molecular formula is C25H29Cl2FN2O4S. The highest BCUT2D eigenvalue weighted by Crippen LogP contribution is 2.39. The summed E-state index contributed by atoms with van der Waals surface area (Å²) in [6.07, 6.45) is 4.32. The minimum Gasteiger partial charge on any atom is -0.493 e. The first-order valence-electron chi connectivity index (χ1n) is 11.8. The second kappa shape index (κ2) is 11.0. The summed E-state index contributed by atoms with van der Waals surface area (Å²) in [5, 5.41) is 0.440. The van der Waals surface area contributed by atoms with Crippen molar-refractivity contribution in [2.75, 3.05) is 32.8 Å². The number of piperidine rings is 2. The van der Waals surface area contributed by atoms with Crippen LogP contribution in [0.4, 0.5) is 4.39 Å². The molecule has 0 bridgehead atoms. The van der Waals surface area contributed by atoms with E-state index in [0.717, 1.165) is 32.4 Å². The lowest BCUT2D eigenvalue weighted by Gasteiger charge is -2.42. The molecule has 0 spiro atoms. The molecule has 0 aliphatic carbocycles. The van der Waals surface area contributed by atoms with Crippen molar-refractivity contribution in [1.82, 2.24) is 9.21 Å². The Kier molecular flexibility index (Phi) is 8.26. The molecule has 0 unspecified atom stereocenters. The van der Waals surface area contributed by atoms with Crippen molar-refractivity contribution in [2.24, 2.45) is 5.41 Å². The number of likely N-dealkylation sites (tertiary alicyclic amines) is 1. The van der Waals surface area contributed by atoms with Crippen LogP contribution < -0.4 is 4.74 Å². The fraction of sp³-hybridized carbons (Fsp3) is 0.480. The fourth-order valence-corrected chi connectivity index (χ4v) is 6.93. The minimum atomic E-state index is -3.82. The second-order valence-electron chi connectivity index (χ2n) is 9.34. The van der Waals surface area contributed by atoms with Crippen molar-refractivity contribution >= 4 is 39.1 Å². The van der Waals surface area contributed by atoms with Crippen molar-refractivity contribution in [3.8, 4) is 5.75 Å². The Morgan fingerprint density at radius 3 is 2.26 bits per heavy atom. The molecule has 2 aromatic rings. The van der Waals surface area contributed by atoms with Gasteiger partial charge < -0.3 is 9.64 Å². The van der Waals surface area contributed by atoms with E-state index in [0.29, 0.717) is 23.6 Å². The number of ether oxygens (including phenoxy) is 1. The normalized spacial score (nSPS) is 18.9. The zero-order valence-electron chi connectivity index (χ0n) is 19.4. The Labute approximate surface area is 216 Å². The van der Waals surface area contributed by atoms with Gasteiger partial charge in [-0.15, -0.1) is 0 Å². The lowest BCUT2D eigenvalue weighted by Crippen LogP contribution is -2.48. The molecule has 0 radical (unpaired) electrons. The monoisotopic (exact) mass is 542 g/mol. The third-order valence-corrected chi connectivity index (χ3v) is 9.51. The number of amides is 1. The van der Waals surface area contributed by atoms with Crippen LogP contribution in [0, 0.1) is 11.2 Å². The van der Waals surface area contributed by atoms with Crippen LogP contribution in [-0.4, -0.2) is 56.3 Å². The van der Waals surface area contributed by atoms with E-state index in [1.165, 1.54) is 34.6 Å². The average molecular weight is 543 g/mol. The van der Waals surface area contributed by atoms with Gasteiger partial charge in [-0.1, -0.05) is 23.2 Å². The molecule has 6 nitrogen and oxygen atoms in total. The van der Waals surface area contributed by atoms with Crippen molar-refractivity contribution in [3.05, 3.63) is 58.3 Å². The van der Waals surface area contributed by atoms with Crippen LogP contribution in [0.5, 0.6) is 5.75 Å². The van der Waals surface area contributed by atoms with Gasteiger partial charge >= 0.3 is 0 Å². The van der Waals surface area contributed by atoms with E-state index in [2.05, 4.69) is 0 Å². The van der Waals surface area contributed by atoms with Gasteiger partial charge in [0.25, 0.3) is 0 Å². The molecule has 2 heterocycles. The van der Waals surface area contributed by atoms with E-state index in [9.17, 15) is 17.6 Å². The molecule has 4 rings (SSSR count). The highest BCUT2D eigenvalue weighted by Gasteiger charge is 2.42. The van der Waals surface area contributed by atoms with Crippen molar-refractivity contribution in [3.63, 3.8) is 0 Å². The molecule has 2 fully saturated rings. The summed E-state index contributed by atoms with van der Waals surface area (Å²) in [5.41, 5.74) is -0.529. The Bertz CT molecular complexity index is 1150. The van der Waals surface area contributed by atoms with Crippen molar-refractivity contribution < 1.29 is 22.3 Å². The van der Waals surface area contributed by atoms with Gasteiger partial charge in [0.2, 0.25) is 15.9 Å². The van der Waals surface area contributed by atoms with E-state index in [-0.39, 0.29) is 47.8 Å². The van der Waals surface area contributed by atoms with Crippen LogP contribution in [0.2, 0.25) is 10.0 Å². The van der Waals surface area contributed by atoms with Gasteiger partial charge in [0.1, 0.15) is 16.5 Å². The molecule has 0 aromatic heterocycles. The maximum atomic E-state index is 13.3. The number of benzene rings is 2. The second-order valence-corrected chi connectivity index (χ2v) is 12.1. The van der Waals surface area contributed by atoms with Crippen LogP contribution in [0.25, 0.3) is 0 Å². The maximum Gasteiger partial charge on any atom is 0.244 e. The predicted octanol–water partition coefficient (Wildman–Crippen LogP) is 5.39. The van der Waals surface area contributed by atoms with Crippen LogP contribution >= 0.6 is 23.2 Å². The van der Waals surface area contributed by atoms with Crippen LogP contribution in [0.1, 0.15) is 38.5 Å². The van der Waals surface area contributed by atoms with Gasteiger partial charge in [0.05, 0.1) is 11.6 Å². The highest BCUT2D eigenvalue weighted by molar-refractivity contribution is 7.89. The summed E-state index contributed by atoms with van der Waals surface area (Å²) in [5.74, 6) is 0.232. The maximum absolute atomic E-state index is 13.3. The summed E-state index contributed by atoms with van der Waals surface area (Å²) in [4.78, 5) is 15.1. The van der Waals surface area contributed by atoms with Crippen LogP contribution in [-0.2, 0) is 14.8 Å². The molecule has 1 amide bonds. The number of rotatable bonds is 7. The van der Waals surface area contributed by atoms with Crippen LogP contribution in [0.3, 0.4) is 0 Å². The molecule has 190 valence electrons. The number of hydrogen-bond donors (Lipinski definition) is 0. The van der Waals surface area contributed by atoms with E-state index >= 15 is 0 Å². The Balaban J connectivity index is 1.50. The number of nitrogens with zero attached hydrogens (tertiary/aromatic N) is 2. The first kappa shape index (κ1) is 26.2. The van der Waals surface area contributed by atoms with Crippen molar-refractivity contribution in [2.45, 2.75) is 43.4 Å². The summed E-state index contributed by atoms with van der Waals surface area (Å²) in [6.45, 7) is 2.23. The average Bonchev–Trinajstić information content (AvgIpc) is 2.84. The summed E-state index contributed by atoms with van der Waals surface area (Å²) in [6, 6.07) is 10.1. The fourth-order valence-electron chi connectivity index (χ4n) is 4.74. The Morgan fingerprint density at radius 1 is 0.971 bits per heavy atom. The number of carbonyl (C=O) groups excluding carboxylic acids is 1. The molecule has 2 aliphatic heterocycles. The molecule has 2 aliphatic rings. The number of halogens is 3. The molecule has 0 saturated carbocycles. The third-order valence-electron chi connectivity index (χ3n) is 6.89. The van der Waals surface area contributed by atoms with Gasteiger partial charge in [-0.2, -0.15) is 4.31 Å². The lowest BCUT2D eigenvalue weighted by molar-refractivity contribution is -0.136. The molecule has 10 heteroatoms. The zero-order chi connectivity index (χ0) is 25.1. The molecule has 2 saturated heterocycles. The largest absolute Gasteiger partial charge is 0.493 e. The zero-order valence-corrected chi connectivity index (χ0v) is 21.7. The van der Waals surface area contributed by atoms with Gasteiger partial charge in [-0.25, -0.2) is 12.8 Å². The quantitative estimate of drug-likeness (QED) is 0.470. The third kappa shape index (κ3) is 6.28. The van der Waals surface area contributed by atoms with Gasteiger partial charge in [0.15, 0.2) is 0 Å². The van der Waals surface area contributed by atoms with Gasteiger partial charge in [0, 0.05) is 43.0 Å². The lowest BCUT2D eigenvalue weighted by atomic mass is 9.76. The highest BCUT2D eigenvalue weighted by atomic mass is 35.5. The number of hydrogen-bond acceptors (Lipinski definition) is 4. The summed E-state index contributed by atoms with van der Waals surface area (Å²) < 4.78 is 47.2. The molecule has 0 atom stereocenters. The minimum absolute atomic E-state index is 0.0167. The topological polar surface area (TPSA) is 66.9 Å². The van der Waals surface area contributed by atoms with E-state index in [4.69, 9.17) is 27.9 Å². The first-order valence-corrected chi connectivity index (χ1v) is 14.0. The molecule has 35 heavy (non-hydrogen) atoms. The SMILES string of the molecule is O=C(CC1(COc2ccc(F)cc2)CCN(S(=O)(=O)c2ccc(Cl)cc2Cl)CC1)N1CCCCC1. The molecule has 2 aromatic carbocycles. The van der Waals surface area contributed by atoms with Gasteiger partial charge in [-0.05, 0) is 74.6 Å². The first-order chi connectivity index (χ1) is 16.7. The molecular weight excluding hydrogens is 514 g/mol. The Hall–Kier alpha value is -1.87. The number of carbonyl (C=O) groups is 1. The smallest absolute Gasteiger partial charge is 0.244 e. The van der Waals surface area contributed by atoms with Crippen molar-refractivity contribution in [1.29, 1.82) is 0 Å². The summed E-state index contributed by atoms with van der Waals surface area (Å²) >= 11 is 12.1. The van der Waals surface area contributed by atoms with E-state index in [1.54, 1.807) is 12.1 Å². The predicted molar refractivity (Wildman–Crippen MR) is 134 cm³/mol. The van der Waals surface area contributed by atoms with E-state index < -0.39 is 15.4 Å². The standard InChI is InChI=1S/C25H29Cl2FN2O4S/c26-19-4-9-23(22(27)16-19)35(32,33)30-14-10-25(11-15-30,17-24(31)29-12-2-1-3-13-29)18-34-21-7-5-20(28)6-8-21/h4-9,16H,1-3,10-15,17-18H2. The molecule has 0 N–H and O–H groups in total. The summed E-state index contributed by atoms with van der Waals surface area (Å²) in [7, 11) is -3.82.